The van der Waals surface area contributed by atoms with Crippen LogP contribution in [-0.2, 0) is 14.3 Å². The topological polar surface area (TPSA) is 89.6 Å². The zero-order valence-corrected chi connectivity index (χ0v) is 20.6. The van der Waals surface area contributed by atoms with E-state index in [1.165, 1.54) is 83.5 Å². The summed E-state index contributed by atoms with van der Waals surface area (Å²) < 4.78 is 5.00. The van der Waals surface area contributed by atoms with Crippen LogP contribution >= 0.6 is 0 Å². The van der Waals surface area contributed by atoms with Crippen LogP contribution in [0.1, 0.15) is 118 Å². The number of carbonyl (C=O) groups excluding carboxylic acids is 1. The Labute approximate surface area is 196 Å². The summed E-state index contributed by atoms with van der Waals surface area (Å²) in [7, 11) is 0. The van der Waals surface area contributed by atoms with E-state index < -0.39 is 18.0 Å². The minimum absolute atomic E-state index is 0. The molecular weight excluding hydrogens is 365 g/mol. The maximum Gasteiger partial charge on any atom is 1.00 e. The molecule has 0 aromatic carbocycles. The van der Waals surface area contributed by atoms with E-state index in [4.69, 9.17) is 15.6 Å². The standard InChI is InChI=1S/C22H43NO4.Na.H/c1-2-3-4-5-6-7-8-9-10-11-12-13-14-15-16-17-18-27-22(26)20(23)19-21(24)25;;/h20H,2-19,23H2,1H3,(H,24,25);;/q;+1;-1/t20-;;/m0../s1. The van der Waals surface area contributed by atoms with Gasteiger partial charge >= 0.3 is 41.5 Å². The molecule has 0 aromatic heterocycles. The van der Waals surface area contributed by atoms with Crippen LogP contribution in [0.4, 0.5) is 0 Å². The van der Waals surface area contributed by atoms with Gasteiger partial charge in [-0.2, -0.15) is 0 Å². The largest absolute Gasteiger partial charge is 1.00 e. The minimum Gasteiger partial charge on any atom is -1.00 e. The predicted molar refractivity (Wildman–Crippen MR) is 112 cm³/mol. The van der Waals surface area contributed by atoms with Gasteiger partial charge in [0, 0.05) is 0 Å². The van der Waals surface area contributed by atoms with Crippen molar-refractivity contribution in [2.24, 2.45) is 5.73 Å². The summed E-state index contributed by atoms with van der Waals surface area (Å²) >= 11 is 0. The molecule has 0 aromatic rings. The van der Waals surface area contributed by atoms with E-state index in [0.717, 1.165) is 19.3 Å². The number of rotatable bonds is 20. The second-order valence-electron chi connectivity index (χ2n) is 7.68. The van der Waals surface area contributed by atoms with Gasteiger partial charge in [0.2, 0.25) is 0 Å². The molecule has 3 N–H and O–H groups in total. The normalized spacial score (nSPS) is 11.6. The number of hydrogen-bond acceptors (Lipinski definition) is 4. The van der Waals surface area contributed by atoms with E-state index in [2.05, 4.69) is 6.92 Å². The second kappa shape index (κ2) is 23.2. The van der Waals surface area contributed by atoms with Crippen molar-refractivity contribution in [3.05, 3.63) is 0 Å². The van der Waals surface area contributed by atoms with E-state index >= 15 is 0 Å². The van der Waals surface area contributed by atoms with Gasteiger partial charge in [-0.15, -0.1) is 0 Å². The SMILES string of the molecule is CCCCCCCCCCCCCCCCCCOC(=O)[C@@H](N)CC(=O)O.[H-].[Na+]. The van der Waals surface area contributed by atoms with Crippen molar-refractivity contribution in [2.45, 2.75) is 122 Å². The van der Waals surface area contributed by atoms with Crippen molar-refractivity contribution in [3.63, 3.8) is 0 Å². The molecule has 0 spiro atoms. The molecule has 1 atom stereocenters. The molecule has 5 nitrogen and oxygen atoms in total. The van der Waals surface area contributed by atoms with Gasteiger partial charge in [-0.05, 0) is 6.42 Å². The number of carboxylic acid groups (broad SMARTS) is 1. The van der Waals surface area contributed by atoms with Crippen molar-refractivity contribution < 1.29 is 50.4 Å². The van der Waals surface area contributed by atoms with E-state index in [1.54, 1.807) is 0 Å². The molecule has 0 saturated heterocycles. The molecule has 0 bridgehead atoms. The molecule has 0 unspecified atom stereocenters. The number of esters is 1. The molecule has 0 saturated carbocycles. The summed E-state index contributed by atoms with van der Waals surface area (Å²) in [5.74, 6) is -1.69. The molecular formula is C22H44NNaO4. The summed E-state index contributed by atoms with van der Waals surface area (Å²) in [6, 6.07) is -1.05. The van der Waals surface area contributed by atoms with Crippen LogP contribution in [0, 0.1) is 0 Å². The molecule has 0 amide bonds. The third kappa shape index (κ3) is 22.2. The number of carboxylic acids is 1. The molecule has 0 fully saturated rings. The van der Waals surface area contributed by atoms with Crippen LogP contribution in [0.2, 0.25) is 0 Å². The van der Waals surface area contributed by atoms with Crippen molar-refractivity contribution in [3.8, 4) is 0 Å². The van der Waals surface area contributed by atoms with E-state index in [1.807, 2.05) is 0 Å². The van der Waals surface area contributed by atoms with Crippen molar-refractivity contribution in [2.75, 3.05) is 6.61 Å². The second-order valence-corrected chi connectivity index (χ2v) is 7.68. The zero-order valence-electron chi connectivity index (χ0n) is 19.6. The Bertz CT molecular complexity index is 373. The van der Waals surface area contributed by atoms with E-state index in [0.29, 0.717) is 6.61 Å². The van der Waals surface area contributed by atoms with Gasteiger partial charge in [0.15, 0.2) is 0 Å². The fourth-order valence-corrected chi connectivity index (χ4v) is 3.20. The number of aliphatic carboxylic acids is 1. The molecule has 0 aliphatic carbocycles. The third-order valence-corrected chi connectivity index (χ3v) is 4.94. The molecule has 0 heterocycles. The molecule has 28 heavy (non-hydrogen) atoms. The summed E-state index contributed by atoms with van der Waals surface area (Å²) in [6.45, 7) is 2.60. The average molecular weight is 410 g/mol. The Balaban J connectivity index is -0.00000338. The molecule has 6 heteroatoms. The number of unbranched alkanes of at least 4 members (excludes halogenated alkanes) is 15. The number of nitrogens with two attached hydrogens (primary N) is 1. The first kappa shape index (κ1) is 30.1. The Hall–Kier alpha value is -0.100. The summed E-state index contributed by atoms with van der Waals surface area (Å²) in [5, 5.41) is 8.57. The fraction of sp³-hybridized carbons (Fsp3) is 0.909. The monoisotopic (exact) mass is 409 g/mol. The van der Waals surface area contributed by atoms with Crippen LogP contribution in [0.15, 0.2) is 0 Å². The maximum absolute atomic E-state index is 11.4. The van der Waals surface area contributed by atoms with E-state index in [9.17, 15) is 9.59 Å². The summed E-state index contributed by atoms with van der Waals surface area (Å²) in [5.41, 5.74) is 5.43. The maximum atomic E-state index is 11.4. The van der Waals surface area contributed by atoms with Gasteiger partial charge < -0.3 is 17.0 Å². The number of carbonyl (C=O) groups is 2. The summed E-state index contributed by atoms with van der Waals surface area (Å²) in [4.78, 5) is 21.9. The first-order chi connectivity index (χ1) is 13.1. The Morgan fingerprint density at radius 3 is 1.50 bits per heavy atom. The van der Waals surface area contributed by atoms with E-state index in [-0.39, 0.29) is 37.4 Å². The number of hydrogen-bond donors (Lipinski definition) is 2. The zero-order chi connectivity index (χ0) is 20.2. The van der Waals surface area contributed by atoms with Crippen LogP contribution < -0.4 is 35.3 Å². The van der Waals surface area contributed by atoms with Crippen molar-refractivity contribution in [1.29, 1.82) is 0 Å². The number of ether oxygens (including phenoxy) is 1. The smallest absolute Gasteiger partial charge is 1.00 e. The van der Waals surface area contributed by atoms with Gasteiger partial charge in [-0.1, -0.05) is 103 Å². The van der Waals surface area contributed by atoms with Crippen LogP contribution in [0.25, 0.3) is 0 Å². The third-order valence-electron chi connectivity index (χ3n) is 4.94. The van der Waals surface area contributed by atoms with Gasteiger partial charge in [0.25, 0.3) is 0 Å². The molecule has 0 aliphatic rings. The van der Waals surface area contributed by atoms with Crippen LogP contribution in [-0.4, -0.2) is 29.7 Å². The predicted octanol–water partition coefficient (Wildman–Crippen LogP) is 2.71. The molecule has 0 rings (SSSR count). The van der Waals surface area contributed by atoms with Crippen molar-refractivity contribution >= 4 is 11.9 Å². The molecule has 162 valence electrons. The summed E-state index contributed by atoms with van der Waals surface area (Å²) in [6.07, 6.45) is 20.4. The molecule has 0 aliphatic heterocycles. The first-order valence-electron chi connectivity index (χ1n) is 11.2. The van der Waals surface area contributed by atoms with Gasteiger partial charge in [-0.3, -0.25) is 9.59 Å². The molecule has 0 radical (unpaired) electrons. The Morgan fingerprint density at radius 2 is 1.14 bits per heavy atom. The fourth-order valence-electron chi connectivity index (χ4n) is 3.20. The minimum atomic E-state index is -1.08. The van der Waals surface area contributed by atoms with Gasteiger partial charge in [-0.25, -0.2) is 0 Å². The quantitative estimate of drug-likeness (QED) is 0.183. The van der Waals surface area contributed by atoms with Gasteiger partial charge in [0.05, 0.1) is 13.0 Å². The van der Waals surface area contributed by atoms with Crippen LogP contribution in [0.5, 0.6) is 0 Å². The first-order valence-corrected chi connectivity index (χ1v) is 11.2. The average Bonchev–Trinajstić information content (AvgIpc) is 2.63. The van der Waals surface area contributed by atoms with Crippen molar-refractivity contribution in [1.82, 2.24) is 0 Å². The van der Waals surface area contributed by atoms with Crippen LogP contribution in [0.3, 0.4) is 0 Å². The Kier molecular flexibility index (Phi) is 24.9. The Morgan fingerprint density at radius 1 is 0.786 bits per heavy atom. The van der Waals surface area contributed by atoms with Gasteiger partial charge in [0.1, 0.15) is 6.04 Å².